The van der Waals surface area contributed by atoms with E-state index in [0.717, 1.165) is 37.8 Å². The third-order valence-electron chi connectivity index (χ3n) is 2.85. The quantitative estimate of drug-likeness (QED) is 0.762. The van der Waals surface area contributed by atoms with Gasteiger partial charge in [-0.3, -0.25) is 0 Å². The van der Waals surface area contributed by atoms with Gasteiger partial charge in [0, 0.05) is 31.1 Å². The van der Waals surface area contributed by atoms with E-state index in [-0.39, 0.29) is 12.7 Å². The lowest BCUT2D eigenvalue weighted by molar-refractivity contribution is 0.157. The molecule has 1 unspecified atom stereocenters. The summed E-state index contributed by atoms with van der Waals surface area (Å²) in [5.41, 5.74) is 2.37. The maximum absolute atomic E-state index is 9.74. The molecule has 3 nitrogen and oxygen atoms in total. The minimum absolute atomic E-state index is 0.228. The average Bonchev–Trinajstić information content (AvgIpc) is 2.59. The van der Waals surface area contributed by atoms with Crippen LogP contribution in [-0.2, 0) is 13.0 Å². The maximum atomic E-state index is 9.74. The van der Waals surface area contributed by atoms with E-state index in [1.807, 2.05) is 6.20 Å². The van der Waals surface area contributed by atoms with E-state index in [9.17, 15) is 5.11 Å². The molecule has 0 spiro atoms. The van der Waals surface area contributed by atoms with Crippen LogP contribution in [-0.4, -0.2) is 21.4 Å². The van der Waals surface area contributed by atoms with Gasteiger partial charge in [-0.15, -0.1) is 0 Å². The Morgan fingerprint density at radius 3 is 3.00 bits per heavy atom. The highest BCUT2D eigenvalue weighted by Crippen LogP contribution is 2.30. The first kappa shape index (κ1) is 9.74. The standard InChI is InChI=1S/C11H17NO2/c13-6-2-5-12-7-9-3-1-4-11(14)10(9)8-12/h7-8,11,13-14H,1-6H2. The van der Waals surface area contributed by atoms with E-state index >= 15 is 0 Å². The van der Waals surface area contributed by atoms with Gasteiger partial charge in [-0.1, -0.05) is 0 Å². The third-order valence-corrected chi connectivity index (χ3v) is 2.85. The fourth-order valence-electron chi connectivity index (χ4n) is 2.11. The van der Waals surface area contributed by atoms with Crippen molar-refractivity contribution in [1.82, 2.24) is 4.57 Å². The van der Waals surface area contributed by atoms with Crippen molar-refractivity contribution in [3.8, 4) is 0 Å². The van der Waals surface area contributed by atoms with Gasteiger partial charge in [-0.2, -0.15) is 0 Å². The molecule has 2 rings (SSSR count). The molecule has 1 aromatic heterocycles. The van der Waals surface area contributed by atoms with Crippen LogP contribution in [0.5, 0.6) is 0 Å². The van der Waals surface area contributed by atoms with E-state index in [2.05, 4.69) is 10.8 Å². The molecule has 1 aliphatic carbocycles. The van der Waals surface area contributed by atoms with Crippen LogP contribution < -0.4 is 0 Å². The number of rotatable bonds is 3. The van der Waals surface area contributed by atoms with E-state index in [1.165, 1.54) is 5.56 Å². The molecule has 0 bridgehead atoms. The number of hydrogen-bond donors (Lipinski definition) is 2. The highest BCUT2D eigenvalue weighted by molar-refractivity contribution is 5.28. The average molecular weight is 195 g/mol. The third kappa shape index (κ3) is 1.83. The van der Waals surface area contributed by atoms with Gasteiger partial charge in [0.15, 0.2) is 0 Å². The number of aryl methyl sites for hydroxylation is 2. The molecule has 78 valence electrons. The molecule has 0 saturated carbocycles. The van der Waals surface area contributed by atoms with Gasteiger partial charge >= 0.3 is 0 Å². The number of nitrogens with zero attached hydrogens (tertiary/aromatic N) is 1. The topological polar surface area (TPSA) is 45.4 Å². The second kappa shape index (κ2) is 4.15. The second-order valence-corrected chi connectivity index (χ2v) is 3.96. The van der Waals surface area contributed by atoms with Crippen LogP contribution in [0.4, 0.5) is 0 Å². The highest BCUT2D eigenvalue weighted by Gasteiger charge is 2.19. The van der Waals surface area contributed by atoms with Crippen LogP contribution in [0.1, 0.15) is 36.5 Å². The lowest BCUT2D eigenvalue weighted by atomic mass is 9.93. The highest BCUT2D eigenvalue weighted by atomic mass is 16.3. The molecular weight excluding hydrogens is 178 g/mol. The lowest BCUT2D eigenvalue weighted by Gasteiger charge is -2.16. The van der Waals surface area contributed by atoms with Gasteiger partial charge in [-0.05, 0) is 31.2 Å². The Morgan fingerprint density at radius 2 is 2.29 bits per heavy atom. The zero-order valence-corrected chi connectivity index (χ0v) is 8.32. The molecule has 0 amide bonds. The Labute approximate surface area is 84.0 Å². The first-order valence-electron chi connectivity index (χ1n) is 5.28. The predicted octanol–water partition coefficient (Wildman–Crippen LogP) is 1.24. The number of aliphatic hydroxyl groups is 2. The monoisotopic (exact) mass is 195 g/mol. The number of aliphatic hydroxyl groups excluding tert-OH is 2. The van der Waals surface area contributed by atoms with Crippen LogP contribution in [0.15, 0.2) is 12.4 Å². The van der Waals surface area contributed by atoms with Crippen molar-refractivity contribution in [3.63, 3.8) is 0 Å². The molecule has 0 aliphatic heterocycles. The van der Waals surface area contributed by atoms with Crippen LogP contribution >= 0.6 is 0 Å². The van der Waals surface area contributed by atoms with E-state index in [1.54, 1.807) is 0 Å². The summed E-state index contributed by atoms with van der Waals surface area (Å²) in [6.07, 6.45) is 7.69. The Morgan fingerprint density at radius 1 is 1.43 bits per heavy atom. The summed E-state index contributed by atoms with van der Waals surface area (Å²) in [6.45, 7) is 1.07. The Bertz CT molecular complexity index is 306. The normalized spacial score (nSPS) is 20.9. The van der Waals surface area contributed by atoms with Crippen molar-refractivity contribution in [1.29, 1.82) is 0 Å². The summed E-state index contributed by atoms with van der Waals surface area (Å²) in [7, 11) is 0. The molecule has 1 aromatic rings. The van der Waals surface area contributed by atoms with Gasteiger partial charge in [0.2, 0.25) is 0 Å². The smallest absolute Gasteiger partial charge is 0.0807 e. The van der Waals surface area contributed by atoms with Gasteiger partial charge in [0.25, 0.3) is 0 Å². The Balaban J connectivity index is 2.13. The molecule has 0 saturated heterocycles. The van der Waals surface area contributed by atoms with Crippen LogP contribution in [0.3, 0.4) is 0 Å². The number of aromatic nitrogens is 1. The summed E-state index contributed by atoms with van der Waals surface area (Å²) < 4.78 is 2.08. The predicted molar refractivity (Wildman–Crippen MR) is 54.0 cm³/mol. The molecule has 1 heterocycles. The maximum Gasteiger partial charge on any atom is 0.0807 e. The summed E-state index contributed by atoms with van der Waals surface area (Å²) in [6, 6.07) is 0. The number of fused-ring (bicyclic) bond motifs is 1. The van der Waals surface area contributed by atoms with Crippen molar-refractivity contribution in [3.05, 3.63) is 23.5 Å². The van der Waals surface area contributed by atoms with Crippen molar-refractivity contribution in [2.75, 3.05) is 6.61 Å². The fourth-order valence-corrected chi connectivity index (χ4v) is 2.11. The fraction of sp³-hybridized carbons (Fsp3) is 0.636. The summed E-state index contributed by atoms with van der Waals surface area (Å²) >= 11 is 0. The van der Waals surface area contributed by atoms with E-state index in [0.29, 0.717) is 0 Å². The SMILES string of the molecule is OCCCn1cc2c(c1)C(O)CCC2. The Kier molecular flexibility index (Phi) is 2.89. The van der Waals surface area contributed by atoms with Crippen molar-refractivity contribution < 1.29 is 10.2 Å². The van der Waals surface area contributed by atoms with Gasteiger partial charge < -0.3 is 14.8 Å². The largest absolute Gasteiger partial charge is 0.396 e. The molecule has 2 N–H and O–H groups in total. The first-order valence-corrected chi connectivity index (χ1v) is 5.28. The van der Waals surface area contributed by atoms with Crippen molar-refractivity contribution in [2.24, 2.45) is 0 Å². The second-order valence-electron chi connectivity index (χ2n) is 3.96. The zero-order valence-electron chi connectivity index (χ0n) is 8.32. The molecule has 3 heteroatoms. The van der Waals surface area contributed by atoms with E-state index in [4.69, 9.17) is 5.11 Å². The molecule has 0 radical (unpaired) electrons. The minimum atomic E-state index is -0.269. The van der Waals surface area contributed by atoms with Crippen LogP contribution in [0.2, 0.25) is 0 Å². The van der Waals surface area contributed by atoms with Gasteiger partial charge in [-0.25, -0.2) is 0 Å². The Hall–Kier alpha value is -0.800. The van der Waals surface area contributed by atoms with E-state index < -0.39 is 0 Å². The summed E-state index contributed by atoms with van der Waals surface area (Å²) in [5.74, 6) is 0. The molecule has 0 aromatic carbocycles. The van der Waals surface area contributed by atoms with Gasteiger partial charge in [0.1, 0.15) is 0 Å². The van der Waals surface area contributed by atoms with Gasteiger partial charge in [0.05, 0.1) is 6.10 Å². The summed E-state index contributed by atoms with van der Waals surface area (Å²) in [5, 5.41) is 18.5. The van der Waals surface area contributed by atoms with Crippen molar-refractivity contribution >= 4 is 0 Å². The first-order chi connectivity index (χ1) is 6.81. The van der Waals surface area contributed by atoms with Crippen molar-refractivity contribution in [2.45, 2.75) is 38.3 Å². The van der Waals surface area contributed by atoms with Crippen LogP contribution in [0.25, 0.3) is 0 Å². The minimum Gasteiger partial charge on any atom is -0.396 e. The van der Waals surface area contributed by atoms with Crippen LogP contribution in [0, 0.1) is 0 Å². The molecule has 1 atom stereocenters. The summed E-state index contributed by atoms with van der Waals surface area (Å²) in [4.78, 5) is 0. The lowest BCUT2D eigenvalue weighted by Crippen LogP contribution is -2.05. The number of hydrogen-bond acceptors (Lipinski definition) is 2. The molecular formula is C11H17NO2. The molecule has 1 aliphatic rings. The molecule has 0 fully saturated rings. The molecule has 14 heavy (non-hydrogen) atoms. The zero-order chi connectivity index (χ0) is 9.97.